The molecule has 0 saturated heterocycles. The second kappa shape index (κ2) is 9.26. The van der Waals surface area contributed by atoms with Gasteiger partial charge in [-0.05, 0) is 29.3 Å². The monoisotopic (exact) mass is 447 g/mol. The molecule has 1 heterocycles. The predicted octanol–water partition coefficient (Wildman–Crippen LogP) is 5.26. The molecule has 0 fully saturated rings. The minimum Gasteiger partial charge on any atom is -0.467 e. The van der Waals surface area contributed by atoms with Crippen LogP contribution in [0.4, 0.5) is 11.4 Å². The Bertz CT molecular complexity index is 1040. The van der Waals surface area contributed by atoms with E-state index >= 15 is 0 Å². The van der Waals surface area contributed by atoms with Gasteiger partial charge in [0.2, 0.25) is 5.91 Å². The number of methoxy groups -OCH3 is 1. The Morgan fingerprint density at radius 1 is 1.33 bits per heavy atom. The van der Waals surface area contributed by atoms with Crippen LogP contribution in [0.2, 0.25) is 10.0 Å². The summed E-state index contributed by atoms with van der Waals surface area (Å²) in [4.78, 5) is 29.5. The van der Waals surface area contributed by atoms with Crippen LogP contribution in [0.5, 0.6) is 0 Å². The molecule has 156 valence electrons. The lowest BCUT2D eigenvalue weighted by Gasteiger charge is -2.39. The van der Waals surface area contributed by atoms with E-state index in [1.165, 1.54) is 14.0 Å². The molecule has 30 heavy (non-hydrogen) atoms. The van der Waals surface area contributed by atoms with Gasteiger partial charge in [-0.2, -0.15) is 0 Å². The first-order valence-corrected chi connectivity index (χ1v) is 9.84. The number of nitrogens with one attached hydrogen (secondary N) is 1. The summed E-state index contributed by atoms with van der Waals surface area (Å²) >= 11 is 12.7. The number of hydrogen-bond donors (Lipinski definition) is 1. The highest BCUT2D eigenvalue weighted by molar-refractivity contribution is 6.35. The number of fused-ring (bicyclic) bond motifs is 1. The summed E-state index contributed by atoms with van der Waals surface area (Å²) in [6.45, 7) is 1.51. The number of rotatable bonds is 5. The van der Waals surface area contributed by atoms with Crippen LogP contribution in [0.3, 0.4) is 0 Å². The fourth-order valence-corrected chi connectivity index (χ4v) is 4.33. The van der Waals surface area contributed by atoms with Gasteiger partial charge >= 0.3 is 5.97 Å². The van der Waals surface area contributed by atoms with Gasteiger partial charge < -0.3 is 15.0 Å². The number of carbonyl (C=O) groups is 2. The standard InChI is InChI=1S/C20H19Cl2N5O3/c1-11(28)27(17-6-4-3-5-12(17)10-24-26-23)18-9-16(20(29)30-2)25-15-8-13(21)7-14(22)19(15)18/h3-8,16,18,25H,9-10H2,1-2H3/t16-,18+/m0/s1. The molecule has 0 radical (unpaired) electrons. The summed E-state index contributed by atoms with van der Waals surface area (Å²) in [5.74, 6) is -0.719. The van der Waals surface area contributed by atoms with E-state index in [2.05, 4.69) is 15.3 Å². The maximum absolute atomic E-state index is 12.8. The van der Waals surface area contributed by atoms with Crippen molar-refractivity contribution in [3.63, 3.8) is 0 Å². The molecule has 2 aromatic carbocycles. The van der Waals surface area contributed by atoms with E-state index in [-0.39, 0.29) is 18.9 Å². The maximum atomic E-state index is 12.8. The summed E-state index contributed by atoms with van der Waals surface area (Å²) in [6, 6.07) is 9.12. The van der Waals surface area contributed by atoms with Crippen molar-refractivity contribution in [1.29, 1.82) is 0 Å². The number of halogens is 2. The van der Waals surface area contributed by atoms with Crippen molar-refractivity contribution in [1.82, 2.24) is 0 Å². The van der Waals surface area contributed by atoms with E-state index in [9.17, 15) is 9.59 Å². The highest BCUT2D eigenvalue weighted by Gasteiger charge is 2.38. The zero-order valence-corrected chi connectivity index (χ0v) is 17.8. The van der Waals surface area contributed by atoms with E-state index in [0.717, 1.165) is 0 Å². The van der Waals surface area contributed by atoms with E-state index in [1.54, 1.807) is 41.3 Å². The maximum Gasteiger partial charge on any atom is 0.328 e. The highest BCUT2D eigenvalue weighted by atomic mass is 35.5. The Labute approximate surface area is 183 Å². The van der Waals surface area contributed by atoms with E-state index in [4.69, 9.17) is 33.5 Å². The van der Waals surface area contributed by atoms with Gasteiger partial charge in [0.15, 0.2) is 0 Å². The molecule has 2 aromatic rings. The van der Waals surface area contributed by atoms with Gasteiger partial charge in [0.25, 0.3) is 0 Å². The molecule has 1 N–H and O–H groups in total. The van der Waals surface area contributed by atoms with Crippen LogP contribution < -0.4 is 10.2 Å². The number of azide groups is 1. The third-order valence-corrected chi connectivity index (χ3v) is 5.44. The first kappa shape index (κ1) is 21.8. The lowest BCUT2D eigenvalue weighted by molar-refractivity contribution is -0.142. The molecule has 3 rings (SSSR count). The second-order valence-electron chi connectivity index (χ2n) is 6.73. The number of nitrogens with zero attached hydrogens (tertiary/aromatic N) is 4. The average Bonchev–Trinajstić information content (AvgIpc) is 2.71. The van der Waals surface area contributed by atoms with Crippen molar-refractivity contribution in [3.8, 4) is 0 Å². The molecule has 10 heteroatoms. The van der Waals surface area contributed by atoms with Gasteiger partial charge in [-0.1, -0.05) is 46.5 Å². The zero-order valence-electron chi connectivity index (χ0n) is 16.3. The Hall–Kier alpha value is -2.93. The van der Waals surface area contributed by atoms with E-state index < -0.39 is 18.1 Å². The molecule has 0 aliphatic carbocycles. The van der Waals surface area contributed by atoms with Crippen LogP contribution in [0.1, 0.15) is 30.5 Å². The number of anilines is 2. The first-order chi connectivity index (χ1) is 14.4. The van der Waals surface area contributed by atoms with Crippen LogP contribution in [-0.4, -0.2) is 25.0 Å². The number of ether oxygens (including phenoxy) is 1. The van der Waals surface area contributed by atoms with Gasteiger partial charge in [-0.15, -0.1) is 0 Å². The predicted molar refractivity (Wildman–Crippen MR) is 116 cm³/mol. The highest BCUT2D eigenvalue weighted by Crippen LogP contribution is 2.45. The minimum atomic E-state index is -0.701. The summed E-state index contributed by atoms with van der Waals surface area (Å²) in [6.07, 6.45) is 0.233. The van der Waals surface area contributed by atoms with Crippen LogP contribution in [0.25, 0.3) is 10.4 Å². The van der Waals surface area contributed by atoms with Crippen LogP contribution >= 0.6 is 23.2 Å². The third kappa shape index (κ3) is 4.31. The lowest BCUT2D eigenvalue weighted by atomic mass is 9.90. The van der Waals surface area contributed by atoms with Crippen LogP contribution in [0.15, 0.2) is 41.5 Å². The Morgan fingerprint density at radius 3 is 2.73 bits per heavy atom. The third-order valence-electron chi connectivity index (χ3n) is 4.91. The van der Waals surface area contributed by atoms with E-state index in [0.29, 0.717) is 32.5 Å². The molecule has 1 aliphatic heterocycles. The first-order valence-electron chi connectivity index (χ1n) is 9.09. The second-order valence-corrected chi connectivity index (χ2v) is 7.57. The summed E-state index contributed by atoms with van der Waals surface area (Å²) in [7, 11) is 1.30. The molecule has 8 nitrogen and oxygen atoms in total. The lowest BCUT2D eigenvalue weighted by Crippen LogP contribution is -2.43. The topological polar surface area (TPSA) is 107 Å². The fourth-order valence-electron chi connectivity index (χ4n) is 3.71. The van der Waals surface area contributed by atoms with Gasteiger partial charge in [0.1, 0.15) is 6.04 Å². The number of carbonyl (C=O) groups excluding carboxylic acids is 2. The molecule has 2 atom stereocenters. The number of esters is 1. The van der Waals surface area contributed by atoms with Crippen molar-refractivity contribution in [3.05, 3.63) is 68.0 Å². The fraction of sp³-hybridized carbons (Fsp3) is 0.300. The number of hydrogen-bond acceptors (Lipinski definition) is 5. The number of benzene rings is 2. The molecule has 0 aromatic heterocycles. The summed E-state index contributed by atoms with van der Waals surface area (Å²) in [5.41, 5.74) is 11.2. The molecule has 1 aliphatic rings. The Balaban J connectivity index is 2.18. The Kier molecular flexibility index (Phi) is 6.72. The van der Waals surface area contributed by atoms with Gasteiger partial charge in [-0.3, -0.25) is 4.79 Å². The van der Waals surface area contributed by atoms with Crippen LogP contribution in [0, 0.1) is 0 Å². The molecular weight excluding hydrogens is 429 g/mol. The normalized spacial score (nSPS) is 17.2. The molecule has 0 spiro atoms. The zero-order chi connectivity index (χ0) is 21.8. The molecule has 0 bridgehead atoms. The number of para-hydroxylation sites is 1. The minimum absolute atomic E-state index is 0.0725. The largest absolute Gasteiger partial charge is 0.467 e. The van der Waals surface area contributed by atoms with Gasteiger partial charge in [0, 0.05) is 45.2 Å². The van der Waals surface area contributed by atoms with Crippen molar-refractivity contribution in [2.75, 3.05) is 17.3 Å². The quantitative estimate of drug-likeness (QED) is 0.292. The Morgan fingerprint density at radius 2 is 2.07 bits per heavy atom. The number of amides is 1. The van der Waals surface area contributed by atoms with Crippen LogP contribution in [-0.2, 0) is 20.9 Å². The molecule has 0 saturated carbocycles. The van der Waals surface area contributed by atoms with Crippen molar-refractivity contribution < 1.29 is 14.3 Å². The summed E-state index contributed by atoms with van der Waals surface area (Å²) < 4.78 is 4.91. The van der Waals surface area contributed by atoms with E-state index in [1.807, 2.05) is 0 Å². The SMILES string of the molecule is COC(=O)[C@@H]1C[C@@H](N(C(C)=O)c2ccccc2CN=[N+]=[N-])c2c(Cl)cc(Cl)cc2N1. The van der Waals surface area contributed by atoms with Crippen molar-refractivity contribution in [2.24, 2.45) is 5.11 Å². The van der Waals surface area contributed by atoms with Crippen molar-refractivity contribution >= 4 is 46.5 Å². The van der Waals surface area contributed by atoms with Gasteiger partial charge in [0.05, 0.1) is 19.7 Å². The smallest absolute Gasteiger partial charge is 0.328 e. The molecule has 1 amide bonds. The van der Waals surface area contributed by atoms with Gasteiger partial charge in [-0.25, -0.2) is 4.79 Å². The molecule has 0 unspecified atom stereocenters. The average molecular weight is 448 g/mol. The molecular formula is C20H19Cl2N5O3. The summed E-state index contributed by atoms with van der Waals surface area (Å²) in [5, 5.41) is 7.51. The van der Waals surface area contributed by atoms with Crippen molar-refractivity contribution in [2.45, 2.75) is 32.0 Å².